The summed E-state index contributed by atoms with van der Waals surface area (Å²) in [6.45, 7) is 1.04. The molecule has 1 unspecified atom stereocenters. The molecule has 0 aromatic heterocycles. The van der Waals surface area contributed by atoms with E-state index in [2.05, 4.69) is 0 Å². The van der Waals surface area contributed by atoms with Crippen LogP contribution in [0.15, 0.2) is 0 Å². The van der Waals surface area contributed by atoms with E-state index in [-0.39, 0.29) is 0 Å². The van der Waals surface area contributed by atoms with Gasteiger partial charge < -0.3 is 10.4 Å². The van der Waals surface area contributed by atoms with Crippen LogP contribution in [0.5, 0.6) is 0 Å². The number of carbonyl (C=O) groups excluding carboxylic acids is 1. The maximum Gasteiger partial charge on any atom is 0.485 e. The molecule has 0 saturated heterocycles. The van der Waals surface area contributed by atoms with E-state index in [0.717, 1.165) is 6.92 Å². The summed E-state index contributed by atoms with van der Waals surface area (Å²) in [5.74, 6) is -1.42. The predicted octanol–water partition coefficient (Wildman–Crippen LogP) is 0.279. The van der Waals surface area contributed by atoms with Gasteiger partial charge in [0.1, 0.15) is 6.04 Å². The number of hydrogen-bond donors (Lipinski definition) is 3. The fourth-order valence-electron chi connectivity index (χ4n) is 0.423. The molecule has 76 valence electrons. The normalized spacial score (nSPS) is 13.2. The lowest BCUT2D eigenvalue weighted by atomic mass is 10.3. The molecule has 3 N–H and O–H groups in total. The van der Waals surface area contributed by atoms with Crippen molar-refractivity contribution < 1.29 is 27.9 Å². The lowest BCUT2D eigenvalue weighted by Crippen LogP contribution is -2.49. The van der Waals surface area contributed by atoms with Crippen LogP contribution < -0.4 is 10.6 Å². The summed E-state index contributed by atoms with van der Waals surface area (Å²) in [5, 5.41) is 10.4. The van der Waals surface area contributed by atoms with Crippen molar-refractivity contribution >= 4 is 12.0 Å². The number of carboxylic acids is 1. The lowest BCUT2D eigenvalue weighted by Gasteiger charge is -2.12. The maximum atomic E-state index is 11.4. The van der Waals surface area contributed by atoms with Gasteiger partial charge in [0.2, 0.25) is 0 Å². The lowest BCUT2D eigenvalue weighted by molar-refractivity contribution is -0.147. The van der Waals surface area contributed by atoms with E-state index in [1.54, 1.807) is 5.32 Å². The molecule has 2 amide bonds. The number of carboxylic acid groups (broad SMARTS) is 1. The molecule has 13 heavy (non-hydrogen) atoms. The molecule has 0 aromatic carbocycles. The Bertz CT molecular complexity index is 216. The van der Waals surface area contributed by atoms with Crippen LogP contribution >= 0.6 is 0 Å². The van der Waals surface area contributed by atoms with Crippen LogP contribution in [-0.2, 0) is 4.79 Å². The van der Waals surface area contributed by atoms with Gasteiger partial charge in [-0.1, -0.05) is 0 Å². The van der Waals surface area contributed by atoms with Crippen molar-refractivity contribution in [3.8, 4) is 0 Å². The molecule has 0 aliphatic heterocycles. The summed E-state index contributed by atoms with van der Waals surface area (Å²) < 4.78 is 34.3. The Hall–Kier alpha value is -1.47. The molecule has 0 aliphatic carbocycles. The summed E-state index contributed by atoms with van der Waals surface area (Å²) in [6.07, 6.45) is -4.86. The van der Waals surface area contributed by atoms with Gasteiger partial charge in [-0.2, -0.15) is 13.2 Å². The minimum atomic E-state index is -4.86. The zero-order valence-corrected chi connectivity index (χ0v) is 6.47. The molecule has 1 atom stereocenters. The molecule has 5 nitrogen and oxygen atoms in total. The highest BCUT2D eigenvalue weighted by Crippen LogP contribution is 2.08. The van der Waals surface area contributed by atoms with E-state index in [9.17, 15) is 22.8 Å². The average Bonchev–Trinajstić information content (AvgIpc) is 1.81. The van der Waals surface area contributed by atoms with Gasteiger partial charge in [0.15, 0.2) is 0 Å². The number of hydrogen-bond acceptors (Lipinski definition) is 2. The van der Waals surface area contributed by atoms with Crippen molar-refractivity contribution in [2.24, 2.45) is 0 Å². The Balaban J connectivity index is 3.96. The number of amides is 2. The molecule has 8 heteroatoms. The number of rotatable bonds is 2. The van der Waals surface area contributed by atoms with Crippen LogP contribution in [0.2, 0.25) is 0 Å². The van der Waals surface area contributed by atoms with Crippen molar-refractivity contribution in [2.45, 2.75) is 19.3 Å². The standard InChI is InChI=1S/C5H7F3N2O3/c1-2(3(11)12)9-4(13)10-5(6,7)8/h2H,1H3,(H,11,12)(H2,9,10,13). The van der Waals surface area contributed by atoms with Crippen LogP contribution in [0.3, 0.4) is 0 Å². The zero-order chi connectivity index (χ0) is 10.6. The highest BCUT2D eigenvalue weighted by Gasteiger charge is 2.30. The summed E-state index contributed by atoms with van der Waals surface area (Å²) in [4.78, 5) is 20.4. The molecular formula is C5H7F3N2O3. The first-order chi connectivity index (χ1) is 5.72. The highest BCUT2D eigenvalue weighted by molar-refractivity contribution is 5.82. The molecule has 0 heterocycles. The van der Waals surface area contributed by atoms with Crippen LogP contribution in [0, 0.1) is 0 Å². The van der Waals surface area contributed by atoms with Crippen molar-refractivity contribution in [1.82, 2.24) is 10.6 Å². The first-order valence-electron chi connectivity index (χ1n) is 3.10. The second-order valence-electron chi connectivity index (χ2n) is 2.16. The smallest absolute Gasteiger partial charge is 0.480 e. The Morgan fingerprint density at radius 1 is 1.38 bits per heavy atom. The van der Waals surface area contributed by atoms with Gasteiger partial charge in [-0.25, -0.2) is 10.1 Å². The highest BCUT2D eigenvalue weighted by atomic mass is 19.4. The molecule has 0 saturated carbocycles. The minimum absolute atomic E-state index is 0.592. The largest absolute Gasteiger partial charge is 0.485 e. The van der Waals surface area contributed by atoms with Crippen molar-refractivity contribution in [2.75, 3.05) is 0 Å². The Morgan fingerprint density at radius 3 is 2.15 bits per heavy atom. The van der Waals surface area contributed by atoms with E-state index < -0.39 is 24.3 Å². The van der Waals surface area contributed by atoms with Gasteiger partial charge in [0, 0.05) is 0 Å². The van der Waals surface area contributed by atoms with Gasteiger partial charge in [-0.05, 0) is 6.92 Å². The van der Waals surface area contributed by atoms with E-state index in [1.807, 2.05) is 0 Å². The number of alkyl halides is 3. The maximum absolute atomic E-state index is 11.4. The number of aliphatic carboxylic acids is 1. The second-order valence-corrected chi connectivity index (χ2v) is 2.16. The second kappa shape index (κ2) is 3.97. The van der Waals surface area contributed by atoms with Gasteiger partial charge >= 0.3 is 18.3 Å². The van der Waals surface area contributed by atoms with Crippen molar-refractivity contribution in [3.05, 3.63) is 0 Å². The topological polar surface area (TPSA) is 78.4 Å². The summed E-state index contributed by atoms with van der Waals surface area (Å²) in [5.41, 5.74) is 0. The molecule has 0 rings (SSSR count). The van der Waals surface area contributed by atoms with Gasteiger partial charge in [-0.3, -0.25) is 4.79 Å². The monoisotopic (exact) mass is 200 g/mol. The number of carbonyl (C=O) groups is 2. The first kappa shape index (κ1) is 11.5. The van der Waals surface area contributed by atoms with Crippen molar-refractivity contribution in [3.63, 3.8) is 0 Å². The Labute approximate surface area is 70.9 Å². The Morgan fingerprint density at radius 2 is 1.85 bits per heavy atom. The summed E-state index contributed by atoms with van der Waals surface area (Å²) >= 11 is 0. The first-order valence-corrected chi connectivity index (χ1v) is 3.10. The molecule has 0 fully saturated rings. The number of nitrogens with one attached hydrogen (secondary N) is 2. The van der Waals surface area contributed by atoms with E-state index in [4.69, 9.17) is 5.11 Å². The molecule has 0 spiro atoms. The summed E-state index contributed by atoms with van der Waals surface area (Å²) in [6, 6.07) is -2.97. The molecule has 0 aromatic rings. The molecule has 0 bridgehead atoms. The van der Waals surface area contributed by atoms with Crippen molar-refractivity contribution in [1.29, 1.82) is 0 Å². The fourth-order valence-corrected chi connectivity index (χ4v) is 0.423. The minimum Gasteiger partial charge on any atom is -0.480 e. The number of urea groups is 1. The third-order valence-corrected chi connectivity index (χ3v) is 0.973. The summed E-state index contributed by atoms with van der Waals surface area (Å²) in [7, 11) is 0. The average molecular weight is 200 g/mol. The SMILES string of the molecule is CC(NC(=O)NC(F)(F)F)C(=O)O. The molecule has 0 radical (unpaired) electrons. The van der Waals surface area contributed by atoms with Crippen LogP contribution in [-0.4, -0.2) is 29.4 Å². The predicted molar refractivity (Wildman–Crippen MR) is 34.8 cm³/mol. The number of halogens is 3. The van der Waals surface area contributed by atoms with E-state index in [1.165, 1.54) is 0 Å². The quantitative estimate of drug-likeness (QED) is 0.560. The van der Waals surface area contributed by atoms with E-state index >= 15 is 0 Å². The molecular weight excluding hydrogens is 193 g/mol. The van der Waals surface area contributed by atoms with Crippen LogP contribution in [0.1, 0.15) is 6.92 Å². The van der Waals surface area contributed by atoms with Crippen LogP contribution in [0.25, 0.3) is 0 Å². The third kappa shape index (κ3) is 5.76. The van der Waals surface area contributed by atoms with Gasteiger partial charge in [0.05, 0.1) is 0 Å². The third-order valence-electron chi connectivity index (χ3n) is 0.973. The molecule has 0 aliphatic rings. The Kier molecular flexibility index (Phi) is 3.52. The fraction of sp³-hybridized carbons (Fsp3) is 0.600. The van der Waals surface area contributed by atoms with Gasteiger partial charge in [-0.15, -0.1) is 0 Å². The zero-order valence-electron chi connectivity index (χ0n) is 6.47. The van der Waals surface area contributed by atoms with Gasteiger partial charge in [0.25, 0.3) is 0 Å². The van der Waals surface area contributed by atoms with Crippen LogP contribution in [0.4, 0.5) is 18.0 Å². The van der Waals surface area contributed by atoms with E-state index in [0.29, 0.717) is 5.32 Å².